The van der Waals surface area contributed by atoms with Crippen molar-refractivity contribution in [3.8, 4) is 5.88 Å². The number of anilines is 1. The maximum Gasteiger partial charge on any atom is 0.213 e. The summed E-state index contributed by atoms with van der Waals surface area (Å²) >= 11 is 0. The minimum absolute atomic E-state index is 0.644. The Morgan fingerprint density at radius 1 is 1.36 bits per heavy atom. The molecule has 0 aromatic carbocycles. The van der Waals surface area contributed by atoms with Crippen LogP contribution < -0.4 is 10.5 Å². The number of nitrogen functional groups attached to an aromatic ring is 1. The van der Waals surface area contributed by atoms with Gasteiger partial charge in [0, 0.05) is 6.07 Å². The lowest BCUT2D eigenvalue weighted by molar-refractivity contribution is 0.396. The Morgan fingerprint density at radius 2 is 2.14 bits per heavy atom. The fourth-order valence-electron chi connectivity index (χ4n) is 1.35. The molecule has 0 saturated heterocycles. The van der Waals surface area contributed by atoms with E-state index in [4.69, 9.17) is 10.5 Å². The molecule has 0 saturated carbocycles. The summed E-state index contributed by atoms with van der Waals surface area (Å²) in [6, 6.07) is 3.64. The van der Waals surface area contributed by atoms with Crippen LogP contribution in [0.15, 0.2) is 12.1 Å². The summed E-state index contributed by atoms with van der Waals surface area (Å²) in [5.74, 6) is 0.644. The predicted molar refractivity (Wildman–Crippen MR) is 58.4 cm³/mol. The van der Waals surface area contributed by atoms with Crippen molar-refractivity contribution in [1.82, 2.24) is 4.98 Å². The zero-order valence-corrected chi connectivity index (χ0v) is 8.92. The fourth-order valence-corrected chi connectivity index (χ4v) is 1.35. The van der Waals surface area contributed by atoms with Gasteiger partial charge in [0.25, 0.3) is 0 Å². The van der Waals surface area contributed by atoms with Crippen LogP contribution >= 0.6 is 0 Å². The smallest absolute Gasteiger partial charge is 0.213 e. The maximum atomic E-state index is 5.81. The number of nitrogens with zero attached hydrogens (tertiary/aromatic N) is 1. The van der Waals surface area contributed by atoms with Crippen molar-refractivity contribution in [2.24, 2.45) is 0 Å². The highest BCUT2D eigenvalue weighted by Gasteiger charge is 2.02. The fraction of sp³-hybridized carbons (Fsp3) is 0.545. The normalized spacial score (nSPS) is 10.1. The number of unbranched alkanes of at least 4 members (excludes halogenated alkanes) is 2. The lowest BCUT2D eigenvalue weighted by Gasteiger charge is -2.06. The monoisotopic (exact) mass is 194 g/mol. The van der Waals surface area contributed by atoms with Crippen molar-refractivity contribution in [2.75, 3.05) is 12.8 Å². The molecule has 1 rings (SSSR count). The molecule has 0 radical (unpaired) electrons. The molecule has 1 heterocycles. The van der Waals surface area contributed by atoms with Gasteiger partial charge in [0.05, 0.1) is 18.5 Å². The van der Waals surface area contributed by atoms with E-state index in [0.717, 1.165) is 24.2 Å². The van der Waals surface area contributed by atoms with Gasteiger partial charge in [-0.1, -0.05) is 19.8 Å². The summed E-state index contributed by atoms with van der Waals surface area (Å²) in [5.41, 5.74) is 7.53. The number of pyridine rings is 1. The summed E-state index contributed by atoms with van der Waals surface area (Å²) in [6.45, 7) is 2.18. The van der Waals surface area contributed by atoms with E-state index < -0.39 is 0 Å². The predicted octanol–water partition coefficient (Wildman–Crippen LogP) is 2.41. The first kappa shape index (κ1) is 10.8. The van der Waals surface area contributed by atoms with Crippen molar-refractivity contribution >= 4 is 5.69 Å². The Bertz CT molecular complexity index is 287. The largest absolute Gasteiger partial charge is 0.481 e. The van der Waals surface area contributed by atoms with Gasteiger partial charge < -0.3 is 10.5 Å². The highest BCUT2D eigenvalue weighted by molar-refractivity contribution is 5.44. The molecular formula is C11H18N2O. The molecule has 0 unspecified atom stereocenters. The molecule has 0 fully saturated rings. The summed E-state index contributed by atoms with van der Waals surface area (Å²) in [7, 11) is 1.62. The van der Waals surface area contributed by atoms with E-state index in [-0.39, 0.29) is 0 Å². The molecule has 0 aliphatic heterocycles. The van der Waals surface area contributed by atoms with Gasteiger partial charge in [-0.05, 0) is 18.9 Å². The average Bonchev–Trinajstić information content (AvgIpc) is 2.21. The SMILES string of the molecule is CCCCCc1nc(OC)ccc1N. The van der Waals surface area contributed by atoms with E-state index >= 15 is 0 Å². The second-order valence-corrected chi connectivity index (χ2v) is 3.35. The van der Waals surface area contributed by atoms with E-state index in [1.165, 1.54) is 12.8 Å². The number of nitrogens with two attached hydrogens (primary N) is 1. The molecule has 0 aliphatic carbocycles. The van der Waals surface area contributed by atoms with Crippen molar-refractivity contribution < 1.29 is 4.74 Å². The molecule has 1 aromatic heterocycles. The molecule has 14 heavy (non-hydrogen) atoms. The van der Waals surface area contributed by atoms with Gasteiger partial charge in [-0.2, -0.15) is 0 Å². The van der Waals surface area contributed by atoms with E-state index in [1.807, 2.05) is 6.07 Å². The first-order valence-electron chi connectivity index (χ1n) is 5.07. The van der Waals surface area contributed by atoms with Gasteiger partial charge in [0.15, 0.2) is 0 Å². The third-order valence-corrected chi connectivity index (χ3v) is 2.21. The molecule has 3 nitrogen and oxygen atoms in total. The Labute approximate surface area is 85.3 Å². The Morgan fingerprint density at radius 3 is 2.79 bits per heavy atom. The molecule has 0 spiro atoms. The van der Waals surface area contributed by atoms with Crippen molar-refractivity contribution in [2.45, 2.75) is 32.6 Å². The molecule has 78 valence electrons. The summed E-state index contributed by atoms with van der Waals surface area (Å²) in [5, 5.41) is 0. The van der Waals surface area contributed by atoms with E-state index in [0.29, 0.717) is 5.88 Å². The molecule has 0 bridgehead atoms. The van der Waals surface area contributed by atoms with E-state index in [1.54, 1.807) is 13.2 Å². The van der Waals surface area contributed by atoms with Gasteiger partial charge in [0.1, 0.15) is 0 Å². The number of aryl methyl sites for hydroxylation is 1. The lowest BCUT2D eigenvalue weighted by atomic mass is 10.1. The van der Waals surface area contributed by atoms with Crippen LogP contribution in [0.5, 0.6) is 5.88 Å². The van der Waals surface area contributed by atoms with Crippen LogP contribution in [0, 0.1) is 0 Å². The number of hydrogen-bond acceptors (Lipinski definition) is 3. The van der Waals surface area contributed by atoms with Crippen LogP contribution in [0.3, 0.4) is 0 Å². The van der Waals surface area contributed by atoms with Gasteiger partial charge >= 0.3 is 0 Å². The molecule has 3 heteroatoms. The summed E-state index contributed by atoms with van der Waals surface area (Å²) < 4.78 is 5.05. The average molecular weight is 194 g/mol. The molecule has 0 amide bonds. The Balaban J connectivity index is 2.64. The molecule has 1 aromatic rings. The molecule has 0 aliphatic rings. The van der Waals surface area contributed by atoms with Crippen LogP contribution in [-0.2, 0) is 6.42 Å². The van der Waals surface area contributed by atoms with Gasteiger partial charge in [-0.25, -0.2) is 4.98 Å². The summed E-state index contributed by atoms with van der Waals surface area (Å²) in [6.07, 6.45) is 4.51. The highest BCUT2D eigenvalue weighted by Crippen LogP contribution is 2.16. The standard InChI is InChI=1S/C11H18N2O/c1-3-4-5-6-10-9(12)7-8-11(13-10)14-2/h7-8H,3-6,12H2,1-2H3. The number of methoxy groups -OCH3 is 1. The lowest BCUT2D eigenvalue weighted by Crippen LogP contribution is -2.00. The zero-order chi connectivity index (χ0) is 10.4. The van der Waals surface area contributed by atoms with Crippen molar-refractivity contribution in [3.05, 3.63) is 17.8 Å². The van der Waals surface area contributed by atoms with Crippen LogP contribution in [0.2, 0.25) is 0 Å². The second kappa shape index (κ2) is 5.47. The molecule has 0 atom stereocenters. The minimum Gasteiger partial charge on any atom is -0.481 e. The topological polar surface area (TPSA) is 48.1 Å². The number of hydrogen-bond donors (Lipinski definition) is 1. The van der Waals surface area contributed by atoms with Gasteiger partial charge in [0.2, 0.25) is 5.88 Å². The van der Waals surface area contributed by atoms with Gasteiger partial charge in [-0.15, -0.1) is 0 Å². The van der Waals surface area contributed by atoms with E-state index in [9.17, 15) is 0 Å². The van der Waals surface area contributed by atoms with Gasteiger partial charge in [-0.3, -0.25) is 0 Å². The first-order valence-corrected chi connectivity index (χ1v) is 5.07. The van der Waals surface area contributed by atoms with E-state index in [2.05, 4.69) is 11.9 Å². The van der Waals surface area contributed by atoms with Crippen molar-refractivity contribution in [1.29, 1.82) is 0 Å². The van der Waals surface area contributed by atoms with Crippen LogP contribution in [0.1, 0.15) is 31.9 Å². The minimum atomic E-state index is 0.644. The first-order chi connectivity index (χ1) is 6.77. The third-order valence-electron chi connectivity index (χ3n) is 2.21. The third kappa shape index (κ3) is 2.91. The molecule has 2 N–H and O–H groups in total. The zero-order valence-electron chi connectivity index (χ0n) is 8.92. The summed E-state index contributed by atoms with van der Waals surface area (Å²) in [4.78, 5) is 4.32. The number of rotatable bonds is 5. The van der Waals surface area contributed by atoms with Crippen molar-refractivity contribution in [3.63, 3.8) is 0 Å². The van der Waals surface area contributed by atoms with Crippen LogP contribution in [0.4, 0.5) is 5.69 Å². The highest BCUT2D eigenvalue weighted by atomic mass is 16.5. The van der Waals surface area contributed by atoms with Crippen LogP contribution in [-0.4, -0.2) is 12.1 Å². The van der Waals surface area contributed by atoms with Crippen LogP contribution in [0.25, 0.3) is 0 Å². The maximum absolute atomic E-state index is 5.81. The number of ether oxygens (including phenoxy) is 1. The Hall–Kier alpha value is -1.25. The second-order valence-electron chi connectivity index (χ2n) is 3.35. The quantitative estimate of drug-likeness (QED) is 0.732. The number of aromatic nitrogens is 1. The molecular weight excluding hydrogens is 176 g/mol. The Kier molecular flexibility index (Phi) is 4.23.